The molecule has 0 unspecified atom stereocenters. The Bertz CT molecular complexity index is 816. The molecule has 3 aromatic rings. The predicted octanol–water partition coefficient (Wildman–Crippen LogP) is 3.16. The van der Waals surface area contributed by atoms with Gasteiger partial charge in [0.05, 0.1) is 5.52 Å². The second-order valence-electron chi connectivity index (χ2n) is 4.61. The van der Waals surface area contributed by atoms with Gasteiger partial charge in [0.2, 0.25) is 0 Å². The van der Waals surface area contributed by atoms with E-state index in [0.29, 0.717) is 11.3 Å². The maximum atomic E-state index is 12.0. The first-order valence-corrected chi connectivity index (χ1v) is 6.90. The lowest BCUT2D eigenvalue weighted by molar-refractivity contribution is 0.895. The number of thiophene rings is 1. The monoisotopic (exact) mass is 270 g/mol. The smallest absolute Gasteiger partial charge is 0.255 e. The average Bonchev–Trinajstić information content (AvgIpc) is 2.96. The van der Waals surface area contributed by atoms with E-state index in [2.05, 4.69) is 17.5 Å². The number of fused-ring (bicyclic) bond motifs is 1. The number of benzene rings is 1. The van der Waals surface area contributed by atoms with Crippen LogP contribution in [0.5, 0.6) is 0 Å². The summed E-state index contributed by atoms with van der Waals surface area (Å²) in [6, 6.07) is 10.2. The van der Waals surface area contributed by atoms with Crippen LogP contribution in [0, 0.1) is 6.92 Å². The van der Waals surface area contributed by atoms with Crippen molar-refractivity contribution in [1.29, 1.82) is 0 Å². The predicted molar refractivity (Wildman–Crippen MR) is 81.7 cm³/mol. The number of nitrogen functional groups attached to an aromatic ring is 1. The average molecular weight is 270 g/mol. The lowest BCUT2D eigenvalue weighted by Gasteiger charge is -2.11. The van der Waals surface area contributed by atoms with E-state index >= 15 is 0 Å². The Balaban J connectivity index is 2.38. The molecule has 0 aliphatic rings. The van der Waals surface area contributed by atoms with Gasteiger partial charge in [0, 0.05) is 28.6 Å². The Hall–Kier alpha value is -2.07. The van der Waals surface area contributed by atoms with Crippen molar-refractivity contribution in [3.05, 3.63) is 51.6 Å². The van der Waals surface area contributed by atoms with E-state index in [9.17, 15) is 4.79 Å². The molecule has 0 amide bonds. The van der Waals surface area contributed by atoms with Gasteiger partial charge in [0.25, 0.3) is 5.56 Å². The highest BCUT2D eigenvalue weighted by atomic mass is 32.1. The van der Waals surface area contributed by atoms with Crippen molar-refractivity contribution in [3.63, 3.8) is 0 Å². The maximum absolute atomic E-state index is 12.0. The van der Waals surface area contributed by atoms with Crippen LogP contribution in [0.1, 0.15) is 5.56 Å². The van der Waals surface area contributed by atoms with Gasteiger partial charge in [-0.2, -0.15) is 0 Å². The summed E-state index contributed by atoms with van der Waals surface area (Å²) in [5, 5.41) is 2.99. The summed E-state index contributed by atoms with van der Waals surface area (Å²) >= 11 is 1.69. The zero-order valence-electron chi connectivity index (χ0n) is 10.8. The normalized spacial score (nSPS) is 11.1. The molecular formula is C15H14N2OS. The van der Waals surface area contributed by atoms with Crippen LogP contribution in [0.15, 0.2) is 40.5 Å². The second-order valence-corrected chi connectivity index (χ2v) is 5.56. The SMILES string of the molecule is Cc1c(N)c2cc(-c3cccs3)ccc2n(C)c1=O. The fraction of sp³-hybridized carbons (Fsp3) is 0.133. The molecular weight excluding hydrogens is 256 g/mol. The van der Waals surface area contributed by atoms with Crippen molar-refractivity contribution in [2.24, 2.45) is 7.05 Å². The molecule has 3 rings (SSSR count). The first kappa shape index (κ1) is 12.0. The summed E-state index contributed by atoms with van der Waals surface area (Å²) in [6.45, 7) is 1.77. The molecule has 0 radical (unpaired) electrons. The van der Waals surface area contributed by atoms with Gasteiger partial charge in [-0.3, -0.25) is 4.79 Å². The van der Waals surface area contributed by atoms with Gasteiger partial charge in [-0.1, -0.05) is 12.1 Å². The zero-order valence-corrected chi connectivity index (χ0v) is 11.6. The maximum Gasteiger partial charge on any atom is 0.255 e. The molecule has 0 spiro atoms. The van der Waals surface area contributed by atoms with Gasteiger partial charge in [-0.15, -0.1) is 11.3 Å². The molecule has 0 atom stereocenters. The van der Waals surface area contributed by atoms with Crippen LogP contribution in [0.2, 0.25) is 0 Å². The summed E-state index contributed by atoms with van der Waals surface area (Å²) in [5.74, 6) is 0. The van der Waals surface area contributed by atoms with Crippen LogP contribution in [0.4, 0.5) is 5.69 Å². The molecule has 0 aliphatic heterocycles. The van der Waals surface area contributed by atoms with E-state index in [1.165, 1.54) is 4.88 Å². The topological polar surface area (TPSA) is 48.0 Å². The molecule has 2 aromatic heterocycles. The molecule has 0 fully saturated rings. The Morgan fingerprint density at radius 3 is 2.74 bits per heavy atom. The fourth-order valence-electron chi connectivity index (χ4n) is 2.32. The van der Waals surface area contributed by atoms with Crippen molar-refractivity contribution >= 4 is 27.9 Å². The number of pyridine rings is 1. The fourth-order valence-corrected chi connectivity index (χ4v) is 3.04. The zero-order chi connectivity index (χ0) is 13.6. The molecule has 96 valence electrons. The first-order chi connectivity index (χ1) is 9.09. The van der Waals surface area contributed by atoms with Crippen LogP contribution in [-0.4, -0.2) is 4.57 Å². The van der Waals surface area contributed by atoms with Gasteiger partial charge in [-0.05, 0) is 36.1 Å². The number of hydrogen-bond acceptors (Lipinski definition) is 3. The van der Waals surface area contributed by atoms with Crippen LogP contribution in [0.25, 0.3) is 21.3 Å². The molecule has 4 heteroatoms. The van der Waals surface area contributed by atoms with Gasteiger partial charge in [0.1, 0.15) is 0 Å². The highest BCUT2D eigenvalue weighted by molar-refractivity contribution is 7.13. The van der Waals surface area contributed by atoms with Crippen LogP contribution >= 0.6 is 11.3 Å². The molecule has 3 nitrogen and oxygen atoms in total. The summed E-state index contributed by atoms with van der Waals surface area (Å²) in [7, 11) is 1.78. The standard InChI is InChI=1S/C15H14N2OS/c1-9-14(16)11-8-10(13-4-3-7-19-13)5-6-12(11)17(2)15(9)18/h3-8H,16H2,1-2H3. The third-order valence-electron chi connectivity index (χ3n) is 3.48. The molecule has 1 aromatic carbocycles. The van der Waals surface area contributed by atoms with Gasteiger partial charge >= 0.3 is 0 Å². The molecule has 2 heterocycles. The van der Waals surface area contributed by atoms with E-state index < -0.39 is 0 Å². The number of nitrogens with two attached hydrogens (primary N) is 1. The molecule has 0 saturated carbocycles. The van der Waals surface area contributed by atoms with Crippen molar-refractivity contribution in [2.45, 2.75) is 6.92 Å². The van der Waals surface area contributed by atoms with Gasteiger partial charge in [0.15, 0.2) is 0 Å². The number of aryl methyl sites for hydroxylation is 1. The van der Waals surface area contributed by atoms with Crippen LogP contribution in [-0.2, 0) is 7.05 Å². The van der Waals surface area contributed by atoms with Gasteiger partial charge < -0.3 is 10.3 Å². The lowest BCUT2D eigenvalue weighted by Crippen LogP contribution is -2.21. The van der Waals surface area contributed by atoms with Gasteiger partial charge in [-0.25, -0.2) is 0 Å². The van der Waals surface area contributed by atoms with E-state index in [1.54, 1.807) is 29.9 Å². The largest absolute Gasteiger partial charge is 0.398 e. The van der Waals surface area contributed by atoms with E-state index in [4.69, 9.17) is 5.73 Å². The third-order valence-corrected chi connectivity index (χ3v) is 4.40. The number of hydrogen-bond donors (Lipinski definition) is 1. The van der Waals surface area contributed by atoms with Crippen molar-refractivity contribution in [1.82, 2.24) is 4.57 Å². The summed E-state index contributed by atoms with van der Waals surface area (Å²) < 4.78 is 1.65. The summed E-state index contributed by atoms with van der Waals surface area (Å²) in [5.41, 5.74) is 9.26. The van der Waals surface area contributed by atoms with E-state index in [0.717, 1.165) is 16.5 Å². The Morgan fingerprint density at radius 1 is 1.26 bits per heavy atom. The lowest BCUT2D eigenvalue weighted by atomic mass is 10.1. The highest BCUT2D eigenvalue weighted by Gasteiger charge is 2.10. The molecule has 0 aliphatic carbocycles. The number of rotatable bonds is 1. The molecule has 0 bridgehead atoms. The summed E-state index contributed by atoms with van der Waals surface area (Å²) in [6.07, 6.45) is 0. The second kappa shape index (κ2) is 4.24. The van der Waals surface area contributed by atoms with Crippen molar-refractivity contribution in [2.75, 3.05) is 5.73 Å². The number of aromatic nitrogens is 1. The van der Waals surface area contributed by atoms with E-state index in [1.807, 2.05) is 18.2 Å². The Morgan fingerprint density at radius 2 is 2.05 bits per heavy atom. The minimum atomic E-state index is -0.0335. The molecule has 2 N–H and O–H groups in total. The number of nitrogens with zero attached hydrogens (tertiary/aromatic N) is 1. The first-order valence-electron chi connectivity index (χ1n) is 6.02. The molecule has 0 saturated heterocycles. The molecule has 19 heavy (non-hydrogen) atoms. The highest BCUT2D eigenvalue weighted by Crippen LogP contribution is 2.30. The third kappa shape index (κ3) is 1.76. The minimum absolute atomic E-state index is 0.0335. The quantitative estimate of drug-likeness (QED) is 0.738. The van der Waals surface area contributed by atoms with Crippen molar-refractivity contribution < 1.29 is 0 Å². The van der Waals surface area contributed by atoms with Crippen LogP contribution in [0.3, 0.4) is 0 Å². The Kier molecular flexibility index (Phi) is 2.68. The van der Waals surface area contributed by atoms with Crippen LogP contribution < -0.4 is 11.3 Å². The minimum Gasteiger partial charge on any atom is -0.398 e. The van der Waals surface area contributed by atoms with E-state index in [-0.39, 0.29) is 5.56 Å². The van der Waals surface area contributed by atoms with Crippen molar-refractivity contribution in [3.8, 4) is 10.4 Å². The number of anilines is 1. The Labute approximate surface area is 114 Å². The summed E-state index contributed by atoms with van der Waals surface area (Å²) in [4.78, 5) is 13.2.